The highest BCUT2D eigenvalue weighted by atomic mass is 32.2. The van der Waals surface area contributed by atoms with E-state index in [0.717, 1.165) is 34.2 Å². The van der Waals surface area contributed by atoms with Gasteiger partial charge in [-0.2, -0.15) is 0 Å². The number of nitrogens with zero attached hydrogens (tertiary/aromatic N) is 1. The first-order chi connectivity index (χ1) is 14.2. The zero-order chi connectivity index (χ0) is 21.9. The third kappa shape index (κ3) is 5.15. The summed E-state index contributed by atoms with van der Waals surface area (Å²) >= 11 is 0.778. The van der Waals surface area contributed by atoms with Gasteiger partial charge in [0.15, 0.2) is 0 Å². The second-order valence-corrected chi connectivity index (χ2v) is 9.04. The molecule has 1 aliphatic rings. The van der Waals surface area contributed by atoms with Crippen molar-refractivity contribution in [2.24, 2.45) is 5.14 Å². The zero-order valence-electron chi connectivity index (χ0n) is 16.0. The average molecular weight is 446 g/mol. The highest BCUT2D eigenvalue weighted by molar-refractivity contribution is 8.18. The molecule has 1 fully saturated rings. The standard InChI is InChI=1S/C20H19N3O5S2/c1-2-13-3-5-14(6-4-13)11-17-19(25)23(20(26)29-17)12-18(24)22-15-7-9-16(10-8-15)30(21,27)28/h3-11H,2,12H2,1H3,(H,22,24)(H2,21,27,28)/b17-11+. The van der Waals surface area contributed by atoms with Crippen molar-refractivity contribution < 1.29 is 22.8 Å². The van der Waals surface area contributed by atoms with E-state index in [-0.39, 0.29) is 9.80 Å². The fraction of sp³-hybridized carbons (Fsp3) is 0.150. The van der Waals surface area contributed by atoms with E-state index in [1.54, 1.807) is 6.08 Å². The summed E-state index contributed by atoms with van der Waals surface area (Å²) < 4.78 is 22.5. The quantitative estimate of drug-likeness (QED) is 0.658. The van der Waals surface area contributed by atoms with Crippen LogP contribution in [0.3, 0.4) is 0 Å². The summed E-state index contributed by atoms with van der Waals surface area (Å²) in [6.07, 6.45) is 2.52. The molecule has 0 atom stereocenters. The summed E-state index contributed by atoms with van der Waals surface area (Å²) in [5, 5.41) is 7.01. The van der Waals surface area contributed by atoms with E-state index in [0.29, 0.717) is 5.69 Å². The predicted molar refractivity (Wildman–Crippen MR) is 115 cm³/mol. The van der Waals surface area contributed by atoms with Crippen molar-refractivity contribution in [3.63, 3.8) is 0 Å². The molecule has 2 aromatic carbocycles. The fourth-order valence-electron chi connectivity index (χ4n) is 2.71. The molecule has 0 aromatic heterocycles. The number of aryl methyl sites for hydroxylation is 1. The highest BCUT2D eigenvalue weighted by Gasteiger charge is 2.36. The minimum Gasteiger partial charge on any atom is -0.325 e. The molecule has 0 aliphatic carbocycles. The molecule has 3 amide bonds. The molecule has 0 unspecified atom stereocenters. The Hall–Kier alpha value is -2.95. The average Bonchev–Trinajstić information content (AvgIpc) is 2.95. The first-order valence-electron chi connectivity index (χ1n) is 8.94. The van der Waals surface area contributed by atoms with Crippen LogP contribution < -0.4 is 10.5 Å². The SMILES string of the molecule is CCc1ccc(/C=C2/SC(=O)N(CC(=O)Nc3ccc(S(N)(=O)=O)cc3)C2=O)cc1. The number of nitrogens with two attached hydrogens (primary N) is 1. The monoisotopic (exact) mass is 445 g/mol. The highest BCUT2D eigenvalue weighted by Crippen LogP contribution is 2.32. The minimum absolute atomic E-state index is 0.0939. The molecule has 8 nitrogen and oxygen atoms in total. The summed E-state index contributed by atoms with van der Waals surface area (Å²) in [4.78, 5) is 38.0. The van der Waals surface area contributed by atoms with Crippen LogP contribution in [0.15, 0.2) is 58.3 Å². The van der Waals surface area contributed by atoms with Gasteiger partial charge in [0.2, 0.25) is 15.9 Å². The summed E-state index contributed by atoms with van der Waals surface area (Å²) in [6, 6.07) is 12.9. The number of nitrogens with one attached hydrogen (secondary N) is 1. The van der Waals surface area contributed by atoms with Crippen molar-refractivity contribution in [1.29, 1.82) is 0 Å². The number of carbonyl (C=O) groups is 3. The van der Waals surface area contributed by atoms with Crippen molar-refractivity contribution in [3.05, 3.63) is 64.6 Å². The predicted octanol–water partition coefficient (Wildman–Crippen LogP) is 2.57. The van der Waals surface area contributed by atoms with Crippen molar-refractivity contribution in [2.45, 2.75) is 18.2 Å². The Bertz CT molecular complexity index is 1120. The topological polar surface area (TPSA) is 127 Å². The van der Waals surface area contributed by atoms with Gasteiger partial charge in [-0.3, -0.25) is 19.3 Å². The first-order valence-corrected chi connectivity index (χ1v) is 11.3. The number of rotatable bonds is 6. The van der Waals surface area contributed by atoms with Crippen molar-refractivity contribution >= 4 is 50.6 Å². The van der Waals surface area contributed by atoms with Gasteiger partial charge in [-0.05, 0) is 59.7 Å². The summed E-state index contributed by atoms with van der Waals surface area (Å²) in [7, 11) is -3.84. The molecule has 1 aliphatic heterocycles. The lowest BCUT2D eigenvalue weighted by Crippen LogP contribution is -2.36. The number of anilines is 1. The van der Waals surface area contributed by atoms with Gasteiger partial charge in [0.1, 0.15) is 6.54 Å². The van der Waals surface area contributed by atoms with Gasteiger partial charge in [0.05, 0.1) is 9.80 Å². The number of amides is 3. The third-order valence-electron chi connectivity index (χ3n) is 4.33. The Kier molecular flexibility index (Phi) is 6.40. The van der Waals surface area contributed by atoms with Crippen LogP contribution in [0.4, 0.5) is 10.5 Å². The lowest BCUT2D eigenvalue weighted by Gasteiger charge is -2.12. The molecular formula is C20H19N3O5S2. The Morgan fingerprint density at radius 1 is 1.10 bits per heavy atom. The van der Waals surface area contributed by atoms with Crippen LogP contribution >= 0.6 is 11.8 Å². The van der Waals surface area contributed by atoms with Crippen LogP contribution in [0.5, 0.6) is 0 Å². The Balaban J connectivity index is 1.66. The van der Waals surface area contributed by atoms with Gasteiger partial charge in [0, 0.05) is 5.69 Å². The first kappa shape index (κ1) is 21.8. The van der Waals surface area contributed by atoms with E-state index < -0.39 is 33.6 Å². The Labute approximate surface area is 178 Å². The second-order valence-electron chi connectivity index (χ2n) is 6.48. The molecule has 1 saturated heterocycles. The molecule has 0 bridgehead atoms. The number of hydrogen-bond donors (Lipinski definition) is 2. The van der Waals surface area contributed by atoms with Crippen LogP contribution in [0, 0.1) is 0 Å². The summed E-state index contributed by atoms with van der Waals surface area (Å²) in [6.45, 7) is 1.59. The maximum Gasteiger partial charge on any atom is 0.294 e. The molecule has 156 valence electrons. The largest absolute Gasteiger partial charge is 0.325 e. The van der Waals surface area contributed by atoms with Gasteiger partial charge in [-0.15, -0.1) is 0 Å². The molecule has 3 N–H and O–H groups in total. The molecule has 1 heterocycles. The van der Waals surface area contributed by atoms with E-state index in [2.05, 4.69) is 5.32 Å². The minimum atomic E-state index is -3.84. The van der Waals surface area contributed by atoms with Crippen molar-refractivity contribution in [3.8, 4) is 0 Å². The molecule has 30 heavy (non-hydrogen) atoms. The van der Waals surface area contributed by atoms with E-state index in [1.807, 2.05) is 31.2 Å². The fourth-order valence-corrected chi connectivity index (χ4v) is 4.06. The maximum atomic E-state index is 12.5. The maximum absolute atomic E-state index is 12.5. The number of imide groups is 1. The zero-order valence-corrected chi connectivity index (χ0v) is 17.6. The van der Waals surface area contributed by atoms with Gasteiger partial charge in [-0.25, -0.2) is 13.6 Å². The van der Waals surface area contributed by atoms with Gasteiger partial charge in [-0.1, -0.05) is 31.2 Å². The van der Waals surface area contributed by atoms with Gasteiger partial charge >= 0.3 is 0 Å². The van der Waals surface area contributed by atoms with Crippen molar-refractivity contribution in [2.75, 3.05) is 11.9 Å². The molecule has 3 rings (SSSR count). The number of carbonyl (C=O) groups excluding carboxylic acids is 3. The molecule has 0 saturated carbocycles. The van der Waals surface area contributed by atoms with Crippen LogP contribution in [0.25, 0.3) is 6.08 Å². The smallest absolute Gasteiger partial charge is 0.294 e. The number of benzene rings is 2. The second kappa shape index (κ2) is 8.82. The van der Waals surface area contributed by atoms with Crippen LogP contribution in [-0.4, -0.2) is 36.9 Å². The van der Waals surface area contributed by atoms with E-state index in [4.69, 9.17) is 5.14 Å². The Morgan fingerprint density at radius 3 is 2.30 bits per heavy atom. The van der Waals surface area contributed by atoms with Crippen LogP contribution in [-0.2, 0) is 26.0 Å². The molecule has 2 aromatic rings. The van der Waals surface area contributed by atoms with Gasteiger partial charge < -0.3 is 5.32 Å². The van der Waals surface area contributed by atoms with E-state index in [9.17, 15) is 22.8 Å². The third-order valence-corrected chi connectivity index (χ3v) is 6.16. The van der Waals surface area contributed by atoms with Crippen LogP contribution in [0.1, 0.15) is 18.1 Å². The summed E-state index contributed by atoms with van der Waals surface area (Å²) in [5.41, 5.74) is 2.26. The summed E-state index contributed by atoms with van der Waals surface area (Å²) in [5.74, 6) is -1.13. The number of hydrogen-bond acceptors (Lipinski definition) is 6. The lowest BCUT2D eigenvalue weighted by molar-refractivity contribution is -0.127. The lowest BCUT2D eigenvalue weighted by atomic mass is 10.1. The normalized spacial score (nSPS) is 15.7. The molecule has 0 spiro atoms. The number of thioether (sulfide) groups is 1. The molecule has 10 heteroatoms. The molecular weight excluding hydrogens is 426 g/mol. The van der Waals surface area contributed by atoms with Gasteiger partial charge in [0.25, 0.3) is 11.1 Å². The van der Waals surface area contributed by atoms with Crippen molar-refractivity contribution in [1.82, 2.24) is 4.90 Å². The van der Waals surface area contributed by atoms with E-state index >= 15 is 0 Å². The van der Waals surface area contributed by atoms with Crippen LogP contribution in [0.2, 0.25) is 0 Å². The molecule has 0 radical (unpaired) electrons. The Morgan fingerprint density at radius 2 is 1.73 bits per heavy atom. The number of sulfonamides is 1. The van der Waals surface area contributed by atoms with E-state index in [1.165, 1.54) is 24.3 Å². The number of primary sulfonamides is 1.